The van der Waals surface area contributed by atoms with Gasteiger partial charge >= 0.3 is 5.97 Å². The third kappa shape index (κ3) is 9.08. The van der Waals surface area contributed by atoms with Gasteiger partial charge in [0, 0.05) is 78.2 Å². The van der Waals surface area contributed by atoms with Gasteiger partial charge in [-0.3, -0.25) is 14.4 Å². The molecule has 0 aromatic heterocycles. The number of carbonyl (C=O) groups excluding carboxylic acids is 4. The summed E-state index contributed by atoms with van der Waals surface area (Å²) in [7, 11) is -1.27. The minimum absolute atomic E-state index is 0.239. The highest BCUT2D eigenvalue weighted by molar-refractivity contribution is 7.44. The number of ether oxygens (including phenoxy) is 2. The van der Waals surface area contributed by atoms with Crippen LogP contribution in [0.3, 0.4) is 0 Å². The highest BCUT2D eigenvalue weighted by atomic mass is 31.2. The van der Waals surface area contributed by atoms with Gasteiger partial charge in [-0.1, -0.05) is 12.8 Å². The first-order chi connectivity index (χ1) is 25.8. The number of esters is 1. The number of amides is 3. The van der Waals surface area contributed by atoms with Crippen LogP contribution in [0.25, 0.3) is 0 Å². The molecule has 0 aliphatic carbocycles. The normalized spacial score (nSPS) is 14.1. The lowest BCUT2D eigenvalue weighted by molar-refractivity contribution is -0.115. The van der Waals surface area contributed by atoms with E-state index in [0.29, 0.717) is 76.9 Å². The first-order valence-electron chi connectivity index (χ1n) is 18.2. The number of unbranched alkanes of at least 4 members (excludes halogenated alkanes) is 3. The predicted octanol–water partition coefficient (Wildman–Crippen LogP) is 7.75. The van der Waals surface area contributed by atoms with Gasteiger partial charge < -0.3 is 34.5 Å². The lowest BCUT2D eigenvalue weighted by Gasteiger charge is -2.37. The van der Waals surface area contributed by atoms with Crippen molar-refractivity contribution in [3.63, 3.8) is 0 Å². The molecule has 3 N–H and O–H groups in total. The molecular formula is C40H48N5O8P. The molecule has 1 spiro atoms. The molecule has 2 aliphatic rings. The van der Waals surface area contributed by atoms with Gasteiger partial charge in [0.15, 0.2) is 5.60 Å². The molecule has 0 fully saturated rings. The number of hydrogen-bond acceptors (Lipinski definition) is 10. The number of nitrogens with one attached hydrogen (secondary N) is 3. The fourth-order valence-corrected chi connectivity index (χ4v) is 8.39. The molecule has 2 aliphatic heterocycles. The number of nitriles is 1. The minimum atomic E-state index is -1.46. The minimum Gasteiger partial charge on any atom is -0.456 e. The van der Waals surface area contributed by atoms with Crippen LogP contribution in [-0.4, -0.2) is 60.2 Å². The molecule has 3 amide bonds. The Balaban J connectivity index is 1.27. The molecule has 2 heterocycles. The maximum Gasteiger partial charge on any atom is 0.340 e. The van der Waals surface area contributed by atoms with Crippen LogP contribution in [0.4, 0.5) is 11.4 Å². The van der Waals surface area contributed by atoms with Gasteiger partial charge in [0.2, 0.25) is 11.8 Å². The second-order valence-corrected chi connectivity index (χ2v) is 15.2. The molecule has 14 heteroatoms. The van der Waals surface area contributed by atoms with Gasteiger partial charge in [0.05, 0.1) is 31.3 Å². The third-order valence-electron chi connectivity index (χ3n) is 8.93. The molecule has 0 saturated heterocycles. The fraction of sp³-hybridized carbons (Fsp3) is 0.425. The number of hydrogen-bond donors (Lipinski definition) is 3. The number of benzene rings is 3. The summed E-state index contributed by atoms with van der Waals surface area (Å²) in [6.07, 6.45) is 3.72. The number of fused-ring (bicyclic) bond motifs is 6. The van der Waals surface area contributed by atoms with Crippen molar-refractivity contribution in [2.24, 2.45) is 0 Å². The summed E-state index contributed by atoms with van der Waals surface area (Å²) >= 11 is 0. The van der Waals surface area contributed by atoms with Crippen LogP contribution in [0, 0.1) is 11.3 Å². The molecule has 1 unspecified atom stereocenters. The topological polar surface area (TPSA) is 168 Å². The van der Waals surface area contributed by atoms with E-state index in [-0.39, 0.29) is 29.8 Å². The molecule has 13 nitrogen and oxygen atoms in total. The van der Waals surface area contributed by atoms with Gasteiger partial charge in [-0.15, -0.1) is 0 Å². The number of anilines is 2. The third-order valence-corrected chi connectivity index (χ3v) is 11.0. The van der Waals surface area contributed by atoms with E-state index >= 15 is 0 Å². The lowest BCUT2D eigenvalue weighted by Crippen LogP contribution is -2.33. The summed E-state index contributed by atoms with van der Waals surface area (Å²) in [5, 5.41) is 17.4. The van der Waals surface area contributed by atoms with E-state index in [1.165, 1.54) is 13.8 Å². The van der Waals surface area contributed by atoms with Crippen molar-refractivity contribution in [3.8, 4) is 17.6 Å². The molecule has 5 rings (SSSR count). The Morgan fingerprint density at radius 2 is 1.41 bits per heavy atom. The first-order valence-corrected chi connectivity index (χ1v) is 19.4. The van der Waals surface area contributed by atoms with Gasteiger partial charge in [-0.25, -0.2) is 9.46 Å². The first kappa shape index (κ1) is 40.3. The van der Waals surface area contributed by atoms with E-state index in [0.717, 1.165) is 25.7 Å². The molecule has 1 atom stereocenters. The highest BCUT2D eigenvalue weighted by Crippen LogP contribution is 2.57. The van der Waals surface area contributed by atoms with E-state index in [4.69, 9.17) is 23.8 Å². The van der Waals surface area contributed by atoms with E-state index < -0.39 is 20.1 Å². The highest BCUT2D eigenvalue weighted by Gasteiger charge is 2.54. The Kier molecular flexibility index (Phi) is 13.4. The van der Waals surface area contributed by atoms with Crippen LogP contribution < -0.4 is 20.7 Å². The summed E-state index contributed by atoms with van der Waals surface area (Å²) in [4.78, 5) is 50.6. The van der Waals surface area contributed by atoms with Gasteiger partial charge in [-0.2, -0.15) is 5.26 Å². The van der Waals surface area contributed by atoms with Crippen molar-refractivity contribution < 1.29 is 37.7 Å². The Morgan fingerprint density at radius 1 is 0.815 bits per heavy atom. The summed E-state index contributed by atoms with van der Waals surface area (Å²) in [5.74, 6) is -0.684. The molecule has 286 valence electrons. The maximum atomic E-state index is 13.5. The monoisotopic (exact) mass is 757 g/mol. The molecule has 3 aromatic rings. The van der Waals surface area contributed by atoms with E-state index in [1.54, 1.807) is 54.6 Å². The van der Waals surface area contributed by atoms with E-state index in [1.807, 2.05) is 0 Å². The van der Waals surface area contributed by atoms with Gasteiger partial charge in [0.1, 0.15) is 11.5 Å². The van der Waals surface area contributed by atoms with Crippen LogP contribution in [-0.2, 0) is 29.0 Å². The van der Waals surface area contributed by atoms with Crippen molar-refractivity contribution in [2.75, 3.05) is 30.4 Å². The molecule has 54 heavy (non-hydrogen) atoms. The molecular weight excluding hydrogens is 709 g/mol. The van der Waals surface area contributed by atoms with Crippen LogP contribution in [0.2, 0.25) is 0 Å². The van der Waals surface area contributed by atoms with Crippen molar-refractivity contribution in [3.05, 3.63) is 82.4 Å². The number of rotatable bonds is 17. The molecule has 3 aromatic carbocycles. The summed E-state index contributed by atoms with van der Waals surface area (Å²) < 4.78 is 26.9. The summed E-state index contributed by atoms with van der Waals surface area (Å²) in [6.45, 7) is 12.6. The Morgan fingerprint density at radius 3 is 1.98 bits per heavy atom. The second kappa shape index (κ2) is 18.0. The standard InChI is InChI=1S/C40H48N5O8P/c1-25(2)45(26(3)4)54(51-21-11-18-41)50-20-10-8-7-9-19-42-38(48)29-12-15-32-35(22-29)40(53-39(32)49)33-16-13-30(43-27(5)46)23-36(33)52-37-24-31(44-28(6)47)14-17-34(37)40/h12-17,22-26H,7-11,19-21H2,1-6H3,(H,42,48)(H,43,46)(H,44,47). The largest absolute Gasteiger partial charge is 0.456 e. The zero-order chi connectivity index (χ0) is 39.0. The fourth-order valence-electron chi connectivity index (χ4n) is 6.77. The Hall–Kier alpha value is -4.86. The lowest BCUT2D eigenvalue weighted by atomic mass is 9.77. The summed E-state index contributed by atoms with van der Waals surface area (Å²) in [5.41, 5.74) is 1.71. The Bertz CT molecular complexity index is 1850. The summed E-state index contributed by atoms with van der Waals surface area (Å²) in [6, 6.07) is 17.7. The van der Waals surface area contributed by atoms with Crippen LogP contribution in [0.15, 0.2) is 54.6 Å². The average Bonchev–Trinajstić information content (AvgIpc) is 3.39. The Labute approximate surface area is 317 Å². The van der Waals surface area contributed by atoms with Crippen molar-refractivity contribution in [2.45, 2.75) is 91.3 Å². The van der Waals surface area contributed by atoms with Crippen LogP contribution in [0.5, 0.6) is 11.5 Å². The molecule has 0 radical (unpaired) electrons. The average molecular weight is 758 g/mol. The quantitative estimate of drug-likeness (QED) is 0.0703. The van der Waals surface area contributed by atoms with Gasteiger partial charge in [-0.05, 0) is 83.0 Å². The predicted molar refractivity (Wildman–Crippen MR) is 205 cm³/mol. The van der Waals surface area contributed by atoms with Crippen molar-refractivity contribution >= 4 is 43.6 Å². The smallest absolute Gasteiger partial charge is 0.340 e. The molecule has 0 saturated carbocycles. The zero-order valence-electron chi connectivity index (χ0n) is 31.6. The van der Waals surface area contributed by atoms with Gasteiger partial charge in [0.25, 0.3) is 14.4 Å². The number of nitrogens with zero attached hydrogens (tertiary/aromatic N) is 2. The molecule has 0 bridgehead atoms. The SMILES string of the molecule is CC(=O)Nc1ccc2c(c1)Oc1cc(NC(C)=O)ccc1C21OC(=O)c2ccc(C(=O)NCCCCCCOP(OCCC#N)N(C(C)C)C(C)C)cc21. The van der Waals surface area contributed by atoms with Crippen molar-refractivity contribution in [1.82, 2.24) is 9.99 Å². The zero-order valence-corrected chi connectivity index (χ0v) is 32.5. The maximum absolute atomic E-state index is 13.5. The van der Waals surface area contributed by atoms with E-state index in [2.05, 4.69) is 54.4 Å². The number of carbonyl (C=O) groups is 4. The van der Waals surface area contributed by atoms with E-state index in [9.17, 15) is 19.2 Å². The van der Waals surface area contributed by atoms with Crippen LogP contribution in [0.1, 0.15) is 111 Å². The van der Waals surface area contributed by atoms with Crippen LogP contribution >= 0.6 is 8.53 Å². The van der Waals surface area contributed by atoms with Crippen molar-refractivity contribution in [1.29, 1.82) is 5.26 Å². The second-order valence-electron chi connectivity index (χ2n) is 13.8.